The molecule has 2 saturated carbocycles. The van der Waals surface area contributed by atoms with Crippen LogP contribution in [0, 0.1) is 30.6 Å². The molecule has 3 fully saturated rings. The maximum Gasteiger partial charge on any atom is 0.211 e. The van der Waals surface area contributed by atoms with Crippen molar-refractivity contribution in [1.82, 2.24) is 4.90 Å². The lowest BCUT2D eigenvalue weighted by Crippen LogP contribution is -2.30. The van der Waals surface area contributed by atoms with Crippen molar-refractivity contribution in [2.45, 2.75) is 136 Å². The summed E-state index contributed by atoms with van der Waals surface area (Å²) < 4.78 is 17.3. The summed E-state index contributed by atoms with van der Waals surface area (Å²) >= 11 is 0. The third kappa shape index (κ3) is 15.5. The van der Waals surface area contributed by atoms with E-state index in [1.54, 1.807) is 6.07 Å². The first-order valence-corrected chi connectivity index (χ1v) is 18.7. The number of carbonyl (C=O) groups excluding carboxylic acids is 1. The normalized spacial score (nSPS) is 21.3. The molecule has 0 bridgehead atoms. The van der Waals surface area contributed by atoms with E-state index in [0.717, 1.165) is 71.9 Å². The number of carbonyl (C=O) groups is 1. The molecular weight excluding hydrogens is 585 g/mol. The lowest BCUT2D eigenvalue weighted by atomic mass is 9.77. The van der Waals surface area contributed by atoms with Crippen LogP contribution in [-0.4, -0.2) is 43.7 Å². The van der Waals surface area contributed by atoms with Crippen LogP contribution in [0.5, 0.6) is 0 Å². The second kappa shape index (κ2) is 23.8. The van der Waals surface area contributed by atoms with Gasteiger partial charge in [0.05, 0.1) is 0 Å². The van der Waals surface area contributed by atoms with E-state index in [-0.39, 0.29) is 6.04 Å². The van der Waals surface area contributed by atoms with Crippen molar-refractivity contribution in [3.8, 4) is 0 Å². The van der Waals surface area contributed by atoms with Gasteiger partial charge in [0.2, 0.25) is 6.41 Å². The molecule has 3 aliphatic rings. The predicted molar refractivity (Wildman–Crippen MR) is 201 cm³/mol. The van der Waals surface area contributed by atoms with Crippen molar-refractivity contribution in [3.63, 3.8) is 0 Å². The number of allylic oxidation sites excluding steroid dienone is 2. The number of nitrogens with two attached hydrogens (primary N) is 1. The molecule has 0 spiro atoms. The first kappa shape index (κ1) is 40.7. The molecule has 2 heterocycles. The number of benzene rings is 1. The SMILES string of the molecule is C=CC(CC)CCCC(N)CF.C=CCCC1CCCC1.CC1C(C2CCCCC2)CCN1C.Cc1cc2cc(NC=O)ccc2o1. The lowest BCUT2D eigenvalue weighted by molar-refractivity contribution is -0.105. The van der Waals surface area contributed by atoms with Gasteiger partial charge in [-0.3, -0.25) is 4.79 Å². The van der Waals surface area contributed by atoms with Gasteiger partial charge in [0.25, 0.3) is 0 Å². The fourth-order valence-electron chi connectivity index (χ4n) is 7.51. The van der Waals surface area contributed by atoms with Crippen LogP contribution in [-0.2, 0) is 4.79 Å². The van der Waals surface area contributed by atoms with Crippen molar-refractivity contribution in [3.05, 3.63) is 55.3 Å². The molecule has 2 aromatic rings. The Bertz CT molecular complexity index is 1120. The molecule has 1 aromatic heterocycles. The molecule has 6 heteroatoms. The number of likely N-dealkylation sites (tertiary alicyclic amines) is 1. The Morgan fingerprint density at radius 1 is 1.06 bits per heavy atom. The summed E-state index contributed by atoms with van der Waals surface area (Å²) in [5.41, 5.74) is 7.06. The highest BCUT2D eigenvalue weighted by atomic mass is 19.1. The van der Waals surface area contributed by atoms with Gasteiger partial charge in [-0.2, -0.15) is 0 Å². The Labute approximate surface area is 287 Å². The summed E-state index contributed by atoms with van der Waals surface area (Å²) in [5.74, 6) is 4.58. The smallest absolute Gasteiger partial charge is 0.211 e. The first-order chi connectivity index (χ1) is 22.8. The zero-order chi connectivity index (χ0) is 34.4. The number of hydrogen-bond donors (Lipinski definition) is 2. The van der Waals surface area contributed by atoms with Crippen LogP contribution in [0.25, 0.3) is 11.0 Å². The average Bonchev–Trinajstić information content (AvgIpc) is 3.83. The third-order valence-electron chi connectivity index (χ3n) is 10.7. The summed E-state index contributed by atoms with van der Waals surface area (Å²) in [6, 6.07) is 8.05. The van der Waals surface area contributed by atoms with Crippen molar-refractivity contribution in [2.24, 2.45) is 29.4 Å². The number of anilines is 1. The summed E-state index contributed by atoms with van der Waals surface area (Å²) in [6.45, 7) is 14.9. The van der Waals surface area contributed by atoms with Crippen molar-refractivity contribution >= 4 is 23.1 Å². The van der Waals surface area contributed by atoms with Gasteiger partial charge in [-0.05, 0) is 114 Å². The Balaban J connectivity index is 0.000000220. The number of fused-ring (bicyclic) bond motifs is 1. The molecule has 0 radical (unpaired) electrons. The summed E-state index contributed by atoms with van der Waals surface area (Å²) in [4.78, 5) is 12.7. The van der Waals surface area contributed by atoms with Gasteiger partial charge >= 0.3 is 0 Å². The Morgan fingerprint density at radius 3 is 2.34 bits per heavy atom. The van der Waals surface area contributed by atoms with Crippen molar-refractivity contribution in [1.29, 1.82) is 0 Å². The Hall–Kier alpha value is -2.44. The summed E-state index contributed by atoms with van der Waals surface area (Å²) in [5, 5.41) is 3.59. The van der Waals surface area contributed by atoms with Gasteiger partial charge in [-0.15, -0.1) is 13.2 Å². The number of alkyl halides is 1. The van der Waals surface area contributed by atoms with E-state index in [1.807, 2.05) is 37.3 Å². The van der Waals surface area contributed by atoms with Crippen molar-refractivity contribution in [2.75, 3.05) is 25.6 Å². The molecule has 5 rings (SSSR count). The highest BCUT2D eigenvalue weighted by Gasteiger charge is 2.34. The minimum absolute atomic E-state index is 0.257. The van der Waals surface area contributed by atoms with Crippen LogP contribution in [0.1, 0.15) is 122 Å². The number of hydrogen-bond acceptors (Lipinski definition) is 4. The highest BCUT2D eigenvalue weighted by molar-refractivity contribution is 5.84. The van der Waals surface area contributed by atoms with Crippen LogP contribution in [0.2, 0.25) is 0 Å². The van der Waals surface area contributed by atoms with Gasteiger partial charge in [0.15, 0.2) is 0 Å². The standard InChI is InChI=1S/C12H23N.C10H20FN.C10H9NO2.C9H16/c1-10-12(8-9-13(10)2)11-6-4-3-5-7-11;1-3-9(4-2)6-5-7-10(12)8-11;1-7-4-8-5-9(11-6-12)2-3-10(8)13-7;1-2-3-6-9-7-4-5-8-9/h10-12H,3-9H2,1-2H3;3,9-10H,1,4-8,12H2,2H3;2-6H,1H3,(H,11,12);2,9H,1,3-8H2. The molecule has 4 unspecified atom stereocenters. The topological polar surface area (TPSA) is 71.5 Å². The number of aryl methyl sites for hydroxylation is 1. The zero-order valence-corrected chi connectivity index (χ0v) is 30.4. The zero-order valence-electron chi connectivity index (χ0n) is 30.4. The molecule has 2 aliphatic carbocycles. The molecule has 5 nitrogen and oxygen atoms in total. The molecular formula is C41H68FN3O2. The first-order valence-electron chi connectivity index (χ1n) is 18.7. The van der Waals surface area contributed by atoms with Gasteiger partial charge in [-0.1, -0.05) is 83.3 Å². The number of furan rings is 1. The number of rotatable bonds is 13. The molecule has 1 aromatic carbocycles. The van der Waals surface area contributed by atoms with Crippen molar-refractivity contribution < 1.29 is 13.6 Å². The third-order valence-corrected chi connectivity index (χ3v) is 10.7. The molecule has 1 saturated heterocycles. The maximum atomic E-state index is 11.9. The second-order valence-corrected chi connectivity index (χ2v) is 14.2. The number of nitrogens with zero attached hydrogens (tertiary/aromatic N) is 1. The molecule has 1 amide bonds. The second-order valence-electron chi connectivity index (χ2n) is 14.2. The van der Waals surface area contributed by atoms with Crippen LogP contribution >= 0.6 is 0 Å². The monoisotopic (exact) mass is 654 g/mol. The van der Waals surface area contributed by atoms with Gasteiger partial charge < -0.3 is 20.4 Å². The van der Waals surface area contributed by atoms with Gasteiger partial charge in [0, 0.05) is 23.2 Å². The van der Waals surface area contributed by atoms with Crippen LogP contribution < -0.4 is 11.1 Å². The van der Waals surface area contributed by atoms with E-state index < -0.39 is 6.67 Å². The quantitative estimate of drug-likeness (QED) is 0.167. The summed E-state index contributed by atoms with van der Waals surface area (Å²) in [6.07, 6.45) is 26.2. The molecule has 47 heavy (non-hydrogen) atoms. The predicted octanol–water partition coefficient (Wildman–Crippen LogP) is 11.0. The van der Waals surface area contributed by atoms with Gasteiger partial charge in [-0.25, -0.2) is 4.39 Å². The summed E-state index contributed by atoms with van der Waals surface area (Å²) in [7, 11) is 2.29. The molecule has 4 atom stereocenters. The highest BCUT2D eigenvalue weighted by Crippen LogP contribution is 2.38. The number of nitrogens with one attached hydrogen (secondary N) is 1. The van der Waals surface area contributed by atoms with Crippen LogP contribution in [0.3, 0.4) is 0 Å². The molecule has 1 aliphatic heterocycles. The van der Waals surface area contributed by atoms with Gasteiger partial charge in [0.1, 0.15) is 18.0 Å². The molecule has 266 valence electrons. The van der Waals surface area contributed by atoms with Crippen LogP contribution in [0.15, 0.2) is 54.0 Å². The number of halogens is 1. The average molecular weight is 654 g/mol. The molecule has 3 N–H and O–H groups in total. The van der Waals surface area contributed by atoms with E-state index in [9.17, 15) is 9.18 Å². The Morgan fingerprint density at radius 2 is 1.77 bits per heavy atom. The lowest BCUT2D eigenvalue weighted by Gasteiger charge is -2.31. The fraction of sp³-hybridized carbons (Fsp3) is 0.683. The minimum Gasteiger partial charge on any atom is -0.461 e. The van der Waals surface area contributed by atoms with E-state index in [2.05, 4.69) is 44.3 Å². The number of amides is 1. The maximum absolute atomic E-state index is 11.9. The van der Waals surface area contributed by atoms with E-state index >= 15 is 0 Å². The van der Waals surface area contributed by atoms with E-state index in [4.69, 9.17) is 10.2 Å². The Kier molecular flexibility index (Phi) is 20.6. The fourth-order valence-corrected chi connectivity index (χ4v) is 7.51. The van der Waals surface area contributed by atoms with Crippen LogP contribution in [0.4, 0.5) is 10.1 Å². The van der Waals surface area contributed by atoms with E-state index in [1.165, 1.54) is 83.6 Å². The largest absolute Gasteiger partial charge is 0.461 e. The van der Waals surface area contributed by atoms with E-state index in [0.29, 0.717) is 12.3 Å². The minimum atomic E-state index is -0.398.